The van der Waals surface area contributed by atoms with Crippen LogP contribution in [-0.2, 0) is 7.05 Å². The van der Waals surface area contributed by atoms with Crippen LogP contribution in [0.2, 0.25) is 0 Å². The summed E-state index contributed by atoms with van der Waals surface area (Å²) in [5, 5.41) is 10.9. The zero-order chi connectivity index (χ0) is 13.4. The predicted molar refractivity (Wildman–Crippen MR) is 73.8 cm³/mol. The van der Waals surface area contributed by atoms with E-state index in [0.717, 1.165) is 27.1 Å². The van der Waals surface area contributed by atoms with Crippen LogP contribution in [-0.4, -0.2) is 19.6 Å². The SMILES string of the molecule is Cc1cc(Sc2c(N)c(C)nn2C(C)C)n(C)n1. The van der Waals surface area contributed by atoms with Gasteiger partial charge in [-0.25, -0.2) is 0 Å². The molecular formula is C12H19N5S. The van der Waals surface area contributed by atoms with Crippen molar-refractivity contribution in [3.05, 3.63) is 17.5 Å². The maximum Gasteiger partial charge on any atom is 0.124 e. The smallest absolute Gasteiger partial charge is 0.124 e. The van der Waals surface area contributed by atoms with E-state index in [0.29, 0.717) is 0 Å². The van der Waals surface area contributed by atoms with Gasteiger partial charge in [0.2, 0.25) is 0 Å². The van der Waals surface area contributed by atoms with Crippen LogP contribution in [0.4, 0.5) is 5.69 Å². The second-order valence-electron chi connectivity index (χ2n) is 4.69. The lowest BCUT2D eigenvalue weighted by Gasteiger charge is -2.10. The molecule has 2 rings (SSSR count). The lowest BCUT2D eigenvalue weighted by atomic mass is 10.4. The first-order chi connectivity index (χ1) is 8.40. The van der Waals surface area contributed by atoms with Gasteiger partial charge in [0, 0.05) is 13.1 Å². The largest absolute Gasteiger partial charge is 0.395 e. The van der Waals surface area contributed by atoms with Crippen molar-refractivity contribution in [2.24, 2.45) is 7.05 Å². The number of hydrogen-bond donors (Lipinski definition) is 1. The first-order valence-corrected chi connectivity index (χ1v) is 6.75. The van der Waals surface area contributed by atoms with Gasteiger partial charge in [-0.2, -0.15) is 10.2 Å². The van der Waals surface area contributed by atoms with Crippen LogP contribution >= 0.6 is 11.8 Å². The maximum atomic E-state index is 6.11. The molecule has 98 valence electrons. The summed E-state index contributed by atoms with van der Waals surface area (Å²) in [6, 6.07) is 2.34. The summed E-state index contributed by atoms with van der Waals surface area (Å²) >= 11 is 1.61. The number of hydrogen-bond acceptors (Lipinski definition) is 4. The molecule has 0 aliphatic carbocycles. The Morgan fingerprint density at radius 2 is 1.94 bits per heavy atom. The molecule has 2 N–H and O–H groups in total. The van der Waals surface area contributed by atoms with E-state index in [4.69, 9.17) is 5.73 Å². The highest BCUT2D eigenvalue weighted by molar-refractivity contribution is 7.99. The van der Waals surface area contributed by atoms with Gasteiger partial charge in [-0.15, -0.1) is 0 Å². The zero-order valence-electron chi connectivity index (χ0n) is 11.4. The van der Waals surface area contributed by atoms with Crippen molar-refractivity contribution in [1.29, 1.82) is 0 Å². The van der Waals surface area contributed by atoms with Crippen molar-refractivity contribution >= 4 is 17.4 Å². The van der Waals surface area contributed by atoms with Gasteiger partial charge in [-0.05, 0) is 45.5 Å². The Hall–Kier alpha value is -1.43. The standard InChI is InChI=1S/C12H19N5S/c1-7(2)17-12(11(13)9(4)15-17)18-10-6-8(3)14-16(10)5/h6-7H,13H2,1-5H3. The fourth-order valence-electron chi connectivity index (χ4n) is 1.77. The summed E-state index contributed by atoms with van der Waals surface area (Å²) in [4.78, 5) is 0. The molecule has 2 aromatic rings. The van der Waals surface area contributed by atoms with Gasteiger partial charge in [-0.3, -0.25) is 9.36 Å². The number of aryl methyl sites for hydroxylation is 3. The summed E-state index contributed by atoms with van der Waals surface area (Å²) in [5.41, 5.74) is 8.75. The molecule has 18 heavy (non-hydrogen) atoms. The van der Waals surface area contributed by atoms with Crippen LogP contribution in [0.1, 0.15) is 31.3 Å². The molecule has 0 saturated heterocycles. The molecule has 0 unspecified atom stereocenters. The molecule has 6 heteroatoms. The second kappa shape index (κ2) is 4.68. The third kappa shape index (κ3) is 2.25. The average molecular weight is 265 g/mol. The van der Waals surface area contributed by atoms with E-state index < -0.39 is 0 Å². The average Bonchev–Trinajstić information content (AvgIpc) is 2.73. The topological polar surface area (TPSA) is 61.7 Å². The van der Waals surface area contributed by atoms with Crippen molar-refractivity contribution in [2.75, 3.05) is 5.73 Å². The van der Waals surface area contributed by atoms with Gasteiger partial charge >= 0.3 is 0 Å². The Balaban J connectivity index is 2.42. The summed E-state index contributed by atoms with van der Waals surface area (Å²) in [6.45, 7) is 8.13. The molecule has 5 nitrogen and oxygen atoms in total. The zero-order valence-corrected chi connectivity index (χ0v) is 12.2. The van der Waals surface area contributed by atoms with Gasteiger partial charge in [0.25, 0.3) is 0 Å². The molecule has 0 bridgehead atoms. The Morgan fingerprint density at radius 3 is 2.44 bits per heavy atom. The molecule has 0 aliphatic heterocycles. The van der Waals surface area contributed by atoms with Gasteiger partial charge in [0.1, 0.15) is 10.1 Å². The molecule has 0 amide bonds. The van der Waals surface area contributed by atoms with Crippen LogP contribution in [0.25, 0.3) is 0 Å². The molecule has 0 spiro atoms. The summed E-state index contributed by atoms with van der Waals surface area (Å²) in [6.07, 6.45) is 0. The minimum Gasteiger partial charge on any atom is -0.395 e. The summed E-state index contributed by atoms with van der Waals surface area (Å²) < 4.78 is 3.84. The monoisotopic (exact) mass is 265 g/mol. The van der Waals surface area contributed by atoms with Crippen LogP contribution in [0, 0.1) is 13.8 Å². The predicted octanol–water partition coefficient (Wildman–Crippen LogP) is 2.55. The van der Waals surface area contributed by atoms with Crippen molar-refractivity contribution in [1.82, 2.24) is 19.6 Å². The Bertz CT molecular complexity index is 567. The van der Waals surface area contributed by atoms with E-state index in [9.17, 15) is 0 Å². The van der Waals surface area contributed by atoms with Crippen LogP contribution in [0.5, 0.6) is 0 Å². The van der Waals surface area contributed by atoms with Crippen molar-refractivity contribution in [3.8, 4) is 0 Å². The van der Waals surface area contributed by atoms with Crippen molar-refractivity contribution < 1.29 is 0 Å². The first kappa shape index (κ1) is 13.0. The van der Waals surface area contributed by atoms with E-state index in [2.05, 4.69) is 30.1 Å². The lowest BCUT2D eigenvalue weighted by Crippen LogP contribution is -2.05. The number of nitrogens with zero attached hydrogens (tertiary/aromatic N) is 4. The number of rotatable bonds is 3. The number of nitrogen functional groups attached to an aromatic ring is 1. The molecule has 2 heterocycles. The summed E-state index contributed by atoms with van der Waals surface area (Å²) in [7, 11) is 1.94. The van der Waals surface area contributed by atoms with Gasteiger partial charge in [0.15, 0.2) is 0 Å². The van der Waals surface area contributed by atoms with Crippen LogP contribution in [0.3, 0.4) is 0 Å². The molecule has 0 fully saturated rings. The minimum absolute atomic E-state index is 0.290. The number of anilines is 1. The van der Waals surface area contributed by atoms with E-state index in [1.165, 1.54) is 0 Å². The Morgan fingerprint density at radius 1 is 1.28 bits per heavy atom. The van der Waals surface area contributed by atoms with Gasteiger partial charge in [-0.1, -0.05) is 0 Å². The third-order valence-corrected chi connectivity index (χ3v) is 3.93. The van der Waals surface area contributed by atoms with E-state index in [1.54, 1.807) is 11.8 Å². The molecule has 0 aliphatic rings. The molecule has 0 saturated carbocycles. The van der Waals surface area contributed by atoms with Gasteiger partial charge in [0.05, 0.1) is 17.1 Å². The van der Waals surface area contributed by atoms with Crippen LogP contribution in [0.15, 0.2) is 16.1 Å². The van der Waals surface area contributed by atoms with Crippen LogP contribution < -0.4 is 5.73 Å². The molecular weight excluding hydrogens is 246 g/mol. The number of aromatic nitrogens is 4. The maximum absolute atomic E-state index is 6.11. The normalized spacial score (nSPS) is 11.4. The molecule has 2 aromatic heterocycles. The third-order valence-electron chi connectivity index (χ3n) is 2.74. The summed E-state index contributed by atoms with van der Waals surface area (Å²) in [5.74, 6) is 0. The van der Waals surface area contributed by atoms with Crippen molar-refractivity contribution in [3.63, 3.8) is 0 Å². The first-order valence-electron chi connectivity index (χ1n) is 5.93. The van der Waals surface area contributed by atoms with E-state index >= 15 is 0 Å². The minimum atomic E-state index is 0.290. The Labute approximate surface area is 111 Å². The second-order valence-corrected chi connectivity index (χ2v) is 5.70. The fraction of sp³-hybridized carbons (Fsp3) is 0.500. The highest BCUT2D eigenvalue weighted by Crippen LogP contribution is 2.35. The quantitative estimate of drug-likeness (QED) is 0.926. The molecule has 0 radical (unpaired) electrons. The Kier molecular flexibility index (Phi) is 3.38. The van der Waals surface area contributed by atoms with Crippen molar-refractivity contribution in [2.45, 2.75) is 43.8 Å². The van der Waals surface area contributed by atoms with Gasteiger partial charge < -0.3 is 5.73 Å². The lowest BCUT2D eigenvalue weighted by molar-refractivity contribution is 0.490. The fourth-order valence-corrected chi connectivity index (χ4v) is 2.98. The van der Waals surface area contributed by atoms with E-state index in [-0.39, 0.29) is 6.04 Å². The highest BCUT2D eigenvalue weighted by Gasteiger charge is 2.17. The number of nitrogens with two attached hydrogens (primary N) is 1. The van der Waals surface area contributed by atoms with E-state index in [1.807, 2.05) is 30.3 Å². The molecule has 0 atom stereocenters. The molecule has 0 aromatic carbocycles. The highest BCUT2D eigenvalue weighted by atomic mass is 32.2.